The van der Waals surface area contributed by atoms with E-state index < -0.39 is 0 Å². The second kappa shape index (κ2) is 7.71. The fourth-order valence-electron chi connectivity index (χ4n) is 3.99. The first kappa shape index (κ1) is 19.0. The zero-order chi connectivity index (χ0) is 21.4. The van der Waals surface area contributed by atoms with Crippen LogP contribution in [0.5, 0.6) is 0 Å². The molecule has 0 saturated carbocycles. The lowest BCUT2D eigenvalue weighted by molar-refractivity contribution is 0.0789. The number of hydrogen-bond donors (Lipinski definition) is 1. The summed E-state index contributed by atoms with van der Waals surface area (Å²) in [6.07, 6.45) is 2.45. The van der Waals surface area contributed by atoms with Crippen molar-refractivity contribution < 1.29 is 9.32 Å². The minimum Gasteiger partial charge on any atom is -0.339 e. The van der Waals surface area contributed by atoms with Gasteiger partial charge in [-0.15, -0.1) is 0 Å². The molecular weight excluding hydrogens is 394 g/mol. The van der Waals surface area contributed by atoms with Crippen LogP contribution >= 0.6 is 0 Å². The van der Waals surface area contributed by atoms with Gasteiger partial charge >= 0.3 is 5.69 Å². The molecule has 156 valence electrons. The third-order valence-electron chi connectivity index (χ3n) is 5.61. The highest BCUT2D eigenvalue weighted by Crippen LogP contribution is 2.29. The van der Waals surface area contributed by atoms with Gasteiger partial charge in [-0.1, -0.05) is 35.5 Å². The summed E-state index contributed by atoms with van der Waals surface area (Å²) in [5.74, 6) is 1.01. The van der Waals surface area contributed by atoms with Crippen LogP contribution in [0.1, 0.15) is 34.3 Å². The summed E-state index contributed by atoms with van der Waals surface area (Å²) in [5, 5.41) is 4.14. The summed E-state index contributed by atoms with van der Waals surface area (Å²) in [4.78, 5) is 33.9. The average molecular weight is 415 g/mol. The predicted molar refractivity (Wildman–Crippen MR) is 114 cm³/mol. The van der Waals surface area contributed by atoms with E-state index in [1.807, 2.05) is 66.4 Å². The molecule has 0 bridgehead atoms. The molecule has 0 aliphatic carbocycles. The molecule has 0 spiro atoms. The molecule has 1 aliphatic heterocycles. The summed E-state index contributed by atoms with van der Waals surface area (Å²) in [5.41, 5.74) is 2.78. The van der Waals surface area contributed by atoms with Crippen LogP contribution in [-0.4, -0.2) is 43.6 Å². The van der Waals surface area contributed by atoms with Gasteiger partial charge in [0.1, 0.15) is 0 Å². The first-order valence-electron chi connectivity index (χ1n) is 10.2. The second-order valence-corrected chi connectivity index (χ2v) is 7.68. The van der Waals surface area contributed by atoms with Gasteiger partial charge in [-0.05, 0) is 37.6 Å². The number of imidazole rings is 1. The number of amides is 1. The maximum absolute atomic E-state index is 12.7. The van der Waals surface area contributed by atoms with Crippen molar-refractivity contribution >= 4 is 5.91 Å². The lowest BCUT2D eigenvalue weighted by Crippen LogP contribution is -2.28. The van der Waals surface area contributed by atoms with Gasteiger partial charge in [-0.25, -0.2) is 4.79 Å². The van der Waals surface area contributed by atoms with Crippen molar-refractivity contribution in [2.24, 2.45) is 0 Å². The Labute approximate surface area is 178 Å². The van der Waals surface area contributed by atoms with E-state index in [2.05, 4.69) is 15.1 Å². The van der Waals surface area contributed by atoms with Gasteiger partial charge in [0.2, 0.25) is 11.7 Å². The Morgan fingerprint density at radius 3 is 2.77 bits per heavy atom. The number of benzene rings is 2. The van der Waals surface area contributed by atoms with Crippen molar-refractivity contribution in [3.63, 3.8) is 0 Å². The van der Waals surface area contributed by atoms with E-state index in [-0.39, 0.29) is 17.5 Å². The van der Waals surface area contributed by atoms with Gasteiger partial charge in [0.25, 0.3) is 5.91 Å². The van der Waals surface area contributed by atoms with Crippen LogP contribution in [0.25, 0.3) is 17.1 Å². The molecule has 1 aliphatic rings. The summed E-state index contributed by atoms with van der Waals surface area (Å²) < 4.78 is 7.13. The zero-order valence-electron chi connectivity index (χ0n) is 17.0. The van der Waals surface area contributed by atoms with Crippen molar-refractivity contribution in [1.29, 1.82) is 0 Å². The normalized spacial score (nSPS) is 16.0. The van der Waals surface area contributed by atoms with Gasteiger partial charge in [0.05, 0.1) is 11.6 Å². The summed E-state index contributed by atoms with van der Waals surface area (Å²) in [6.45, 7) is 3.06. The van der Waals surface area contributed by atoms with Crippen molar-refractivity contribution in [1.82, 2.24) is 24.6 Å². The van der Waals surface area contributed by atoms with Gasteiger partial charge in [0.15, 0.2) is 0 Å². The highest BCUT2D eigenvalue weighted by molar-refractivity contribution is 5.94. The summed E-state index contributed by atoms with van der Waals surface area (Å²) in [6, 6.07) is 16.7. The molecule has 1 unspecified atom stereocenters. The quantitative estimate of drug-likeness (QED) is 0.552. The topological polar surface area (TPSA) is 97.0 Å². The number of carbonyl (C=O) groups is 1. The molecule has 1 atom stereocenters. The highest BCUT2D eigenvalue weighted by atomic mass is 16.5. The van der Waals surface area contributed by atoms with E-state index in [1.54, 1.807) is 10.8 Å². The Morgan fingerprint density at radius 1 is 1.16 bits per heavy atom. The number of rotatable bonds is 4. The van der Waals surface area contributed by atoms with E-state index in [0.29, 0.717) is 30.4 Å². The molecular formula is C23H21N5O3. The summed E-state index contributed by atoms with van der Waals surface area (Å²) in [7, 11) is 0. The molecule has 31 heavy (non-hydrogen) atoms. The molecule has 1 fully saturated rings. The predicted octanol–water partition coefficient (Wildman–Crippen LogP) is 3.15. The van der Waals surface area contributed by atoms with Gasteiger partial charge < -0.3 is 14.4 Å². The minimum absolute atomic E-state index is 0.00614. The Morgan fingerprint density at radius 2 is 2.00 bits per heavy atom. The lowest BCUT2D eigenvalue weighted by Gasteiger charge is -2.15. The number of H-pyrrole nitrogens is 1. The fourth-order valence-corrected chi connectivity index (χ4v) is 3.99. The Bertz CT molecular complexity index is 1290. The number of likely N-dealkylation sites (tertiary alicyclic amines) is 1. The van der Waals surface area contributed by atoms with Crippen LogP contribution in [0.3, 0.4) is 0 Å². The maximum atomic E-state index is 12.7. The molecule has 2 aromatic carbocycles. The molecule has 8 heteroatoms. The largest absolute Gasteiger partial charge is 0.339 e. The van der Waals surface area contributed by atoms with Crippen molar-refractivity contribution in [3.05, 3.63) is 88.4 Å². The molecule has 4 aromatic rings. The van der Waals surface area contributed by atoms with Crippen molar-refractivity contribution in [3.8, 4) is 17.1 Å². The first-order chi connectivity index (χ1) is 15.1. The van der Waals surface area contributed by atoms with Gasteiger partial charge in [-0.2, -0.15) is 4.98 Å². The third kappa shape index (κ3) is 3.56. The third-order valence-corrected chi connectivity index (χ3v) is 5.61. The van der Waals surface area contributed by atoms with E-state index in [0.717, 1.165) is 23.4 Å². The van der Waals surface area contributed by atoms with Gasteiger partial charge in [-0.3, -0.25) is 9.36 Å². The number of aromatic nitrogens is 4. The molecule has 8 nitrogen and oxygen atoms in total. The monoisotopic (exact) mass is 415 g/mol. The molecule has 1 N–H and O–H groups in total. The molecule has 1 saturated heterocycles. The molecule has 0 radical (unpaired) electrons. The number of nitrogens with zero attached hydrogens (tertiary/aromatic N) is 4. The zero-order valence-corrected chi connectivity index (χ0v) is 17.0. The standard InChI is InChI=1S/C23H21N5O3/c1-15-13-24-23(30)28(15)19-9-5-8-17(12-19)20-25-21(31-26-20)18-10-11-27(14-18)22(29)16-6-3-2-4-7-16/h2-9,12-13,18H,10-11,14H2,1H3,(H,24,30). The van der Waals surface area contributed by atoms with Crippen LogP contribution in [0.2, 0.25) is 0 Å². The van der Waals surface area contributed by atoms with Crippen LogP contribution < -0.4 is 5.69 Å². The Balaban J connectivity index is 1.35. The summed E-state index contributed by atoms with van der Waals surface area (Å²) >= 11 is 0. The van der Waals surface area contributed by atoms with Crippen LogP contribution in [0, 0.1) is 6.92 Å². The van der Waals surface area contributed by atoms with Gasteiger partial charge in [0, 0.05) is 36.1 Å². The second-order valence-electron chi connectivity index (χ2n) is 7.68. The Hall–Kier alpha value is -3.94. The average Bonchev–Trinajstić information content (AvgIpc) is 3.54. The number of aromatic amines is 1. The van der Waals surface area contributed by atoms with Crippen molar-refractivity contribution in [2.45, 2.75) is 19.3 Å². The SMILES string of the molecule is Cc1c[nH]c(=O)n1-c1cccc(-c2noc(C3CCN(C(=O)c4ccccc4)C3)n2)c1. The number of carbonyl (C=O) groups excluding carboxylic acids is 1. The fraction of sp³-hybridized carbons (Fsp3) is 0.217. The molecule has 1 amide bonds. The smallest absolute Gasteiger partial charge is 0.330 e. The molecule has 3 heterocycles. The van der Waals surface area contributed by atoms with E-state index in [4.69, 9.17) is 4.52 Å². The van der Waals surface area contributed by atoms with Crippen LogP contribution in [-0.2, 0) is 0 Å². The number of nitrogens with one attached hydrogen (secondary N) is 1. The maximum Gasteiger partial charge on any atom is 0.330 e. The van der Waals surface area contributed by atoms with E-state index in [1.165, 1.54) is 0 Å². The van der Waals surface area contributed by atoms with E-state index in [9.17, 15) is 9.59 Å². The first-order valence-corrected chi connectivity index (χ1v) is 10.2. The minimum atomic E-state index is -0.197. The van der Waals surface area contributed by atoms with E-state index >= 15 is 0 Å². The highest BCUT2D eigenvalue weighted by Gasteiger charge is 2.31. The molecule has 5 rings (SSSR count). The van der Waals surface area contributed by atoms with Crippen molar-refractivity contribution in [2.75, 3.05) is 13.1 Å². The van der Waals surface area contributed by atoms with Crippen LogP contribution in [0.15, 0.2) is 70.1 Å². The lowest BCUT2D eigenvalue weighted by atomic mass is 10.1. The van der Waals surface area contributed by atoms with Crippen LogP contribution in [0.4, 0.5) is 0 Å². The molecule has 2 aromatic heterocycles. The number of aryl methyl sites for hydroxylation is 1. The Kier molecular flexibility index (Phi) is 4.74. The number of hydrogen-bond acceptors (Lipinski definition) is 5.